The number of benzene rings is 2. The van der Waals surface area contributed by atoms with Crippen LogP contribution in [0, 0.1) is 5.92 Å². The SMILES string of the molecule is CC(C)[N+](C)(CCC(C(N)=O)(c1ccccc1)c1ccccc1)C(C)C.C[C@@H]1C/C=C/C=C/C=C/C=C/[C@H](O[C@@H]2O[C@H](C)[C@@H](O)[C@H](N)[C@@H]2O)C[C@@H]2O[C@](O)(C[C@@H](O)C[C@H]3O[C@@H]3/C=C/C(=O)O1)C[C@H](O)[C@H]2C(=O)O.Cn1c(=O)c2c(ncn2CCO)n(C)c1=O.[I-]. The molecule has 0 radical (unpaired) electrons. The van der Waals surface area contributed by atoms with Crippen LogP contribution < -0.4 is 46.7 Å². The number of esters is 1. The van der Waals surface area contributed by atoms with Crippen LogP contribution >= 0.6 is 0 Å². The van der Waals surface area contributed by atoms with E-state index < -0.39 is 114 Å². The number of nitrogens with zero attached hydrogens (tertiary/aromatic N) is 5. The second-order valence-corrected chi connectivity index (χ2v) is 24.1. The number of hydrogen-bond acceptors (Lipinski definition) is 18. The number of carboxylic acids is 1. The second kappa shape index (κ2) is 33.5. The summed E-state index contributed by atoms with van der Waals surface area (Å²) in [4.78, 5) is 64.8. The van der Waals surface area contributed by atoms with E-state index in [9.17, 15) is 54.6 Å². The van der Waals surface area contributed by atoms with Gasteiger partial charge in [-0.3, -0.25) is 23.5 Å². The number of nitrogens with two attached hydrogens (primary N) is 2. The number of primary amides is 1. The van der Waals surface area contributed by atoms with Crippen molar-refractivity contribution in [2.75, 3.05) is 20.2 Å². The third kappa shape index (κ3) is 18.8. The maximum atomic E-state index is 12.9. The summed E-state index contributed by atoms with van der Waals surface area (Å²) in [5.74, 6) is -5.73. The van der Waals surface area contributed by atoms with Crippen LogP contribution in [-0.4, -0.2) is 188 Å². The first-order chi connectivity index (χ1) is 42.1. The highest BCUT2D eigenvalue weighted by Crippen LogP contribution is 2.40. The van der Waals surface area contributed by atoms with Crippen LogP contribution in [0.4, 0.5) is 0 Å². The Morgan fingerprint density at radius 3 is 2.01 bits per heavy atom. The van der Waals surface area contributed by atoms with Crippen molar-refractivity contribution in [3.63, 3.8) is 0 Å². The number of aryl methyl sites for hydroxylation is 1. The lowest BCUT2D eigenvalue weighted by atomic mass is 9.71. The van der Waals surface area contributed by atoms with Crippen molar-refractivity contribution in [3.8, 4) is 0 Å². The number of fused-ring (bicyclic) bond motifs is 4. The highest BCUT2D eigenvalue weighted by atomic mass is 127. The van der Waals surface area contributed by atoms with Crippen molar-refractivity contribution in [2.24, 2.45) is 31.5 Å². The van der Waals surface area contributed by atoms with Crippen molar-refractivity contribution < 1.29 is 102 Å². The molecule has 4 aromatic rings. The topological polar surface area (TPSA) is 356 Å². The van der Waals surface area contributed by atoms with Crippen molar-refractivity contribution in [1.82, 2.24) is 18.7 Å². The fourth-order valence-corrected chi connectivity index (χ4v) is 11.5. The van der Waals surface area contributed by atoms with Crippen LogP contribution in [0.1, 0.15) is 91.2 Å². The van der Waals surface area contributed by atoms with Gasteiger partial charge in [-0.15, -0.1) is 0 Å². The molecule has 3 saturated heterocycles. The third-order valence-corrected chi connectivity index (χ3v) is 17.4. The van der Waals surface area contributed by atoms with E-state index in [0.717, 1.165) is 26.7 Å². The molecule has 6 heterocycles. The summed E-state index contributed by atoms with van der Waals surface area (Å²) in [6, 6.07) is 19.8. The Balaban J connectivity index is 0.000000284. The molecule has 14 atom stereocenters. The molecule has 11 N–H and O–H groups in total. The number of imidazole rings is 1. The largest absolute Gasteiger partial charge is 1.00 e. The zero-order valence-electron chi connectivity index (χ0n) is 52.6. The van der Waals surface area contributed by atoms with Crippen LogP contribution in [0.3, 0.4) is 0 Å². The van der Waals surface area contributed by atoms with Crippen molar-refractivity contribution in [2.45, 2.75) is 183 Å². The van der Waals surface area contributed by atoms with Gasteiger partial charge in [0.05, 0.1) is 87.4 Å². The number of amides is 1. The van der Waals surface area contributed by atoms with Gasteiger partial charge in [-0.1, -0.05) is 109 Å². The van der Waals surface area contributed by atoms with Gasteiger partial charge in [0.25, 0.3) is 5.56 Å². The van der Waals surface area contributed by atoms with Crippen LogP contribution in [-0.2, 0) is 64.1 Å². The molecule has 8 rings (SSSR count). The molecular formula is C65H92IN7O17. The number of ether oxygens (including phenoxy) is 5. The number of carbonyl (C=O) groups excluding carboxylic acids is 2. The monoisotopic (exact) mass is 1370 g/mol. The first-order valence-corrected chi connectivity index (χ1v) is 30.2. The van der Waals surface area contributed by atoms with Gasteiger partial charge in [0, 0.05) is 65.2 Å². The van der Waals surface area contributed by atoms with Gasteiger partial charge in [0.2, 0.25) is 5.91 Å². The van der Waals surface area contributed by atoms with Crippen molar-refractivity contribution in [1.29, 1.82) is 0 Å². The summed E-state index contributed by atoms with van der Waals surface area (Å²) in [6.07, 6.45) is 7.38. The lowest BCUT2D eigenvalue weighted by Crippen LogP contribution is -3.00. The predicted molar refractivity (Wildman–Crippen MR) is 331 cm³/mol. The van der Waals surface area contributed by atoms with E-state index in [1.54, 1.807) is 63.4 Å². The van der Waals surface area contributed by atoms with Crippen LogP contribution in [0.2, 0.25) is 0 Å². The fraction of sp³-hybridized carbons (Fsp3) is 0.538. The number of epoxide rings is 1. The van der Waals surface area contributed by atoms with Crippen LogP contribution in [0.25, 0.3) is 11.2 Å². The molecule has 496 valence electrons. The van der Waals surface area contributed by atoms with Crippen molar-refractivity contribution >= 4 is 29.0 Å². The van der Waals surface area contributed by atoms with Crippen molar-refractivity contribution in [3.05, 3.63) is 160 Å². The first kappa shape index (κ1) is 74.7. The zero-order chi connectivity index (χ0) is 65.5. The van der Waals surface area contributed by atoms with E-state index >= 15 is 0 Å². The Bertz CT molecular complexity index is 3210. The minimum absolute atomic E-state index is 0. The summed E-state index contributed by atoms with van der Waals surface area (Å²) >= 11 is 0. The molecule has 3 fully saturated rings. The third-order valence-electron chi connectivity index (χ3n) is 17.4. The summed E-state index contributed by atoms with van der Waals surface area (Å²) in [5, 5.41) is 72.8. The quantitative estimate of drug-likeness (QED) is 0.0358. The maximum Gasteiger partial charge on any atom is 0.332 e. The molecule has 2 aromatic carbocycles. The number of hydrogen-bond donors (Lipinski definition) is 9. The molecule has 24 nitrogen and oxygen atoms in total. The highest BCUT2D eigenvalue weighted by Gasteiger charge is 2.52. The Hall–Kier alpha value is -6.05. The van der Waals surface area contributed by atoms with Gasteiger partial charge in [-0.05, 0) is 58.7 Å². The van der Waals surface area contributed by atoms with Gasteiger partial charge in [0.1, 0.15) is 29.6 Å². The van der Waals surface area contributed by atoms with Gasteiger partial charge in [-0.2, -0.15) is 0 Å². The molecule has 4 aliphatic rings. The minimum atomic E-state index is -2.10. The van der Waals surface area contributed by atoms with E-state index in [1.807, 2.05) is 66.7 Å². The van der Waals surface area contributed by atoms with E-state index in [-0.39, 0.29) is 68.4 Å². The second-order valence-electron chi connectivity index (χ2n) is 24.1. The van der Waals surface area contributed by atoms with Crippen LogP contribution in [0.5, 0.6) is 0 Å². The number of aliphatic hydroxyl groups excluding tert-OH is 5. The minimum Gasteiger partial charge on any atom is -1.00 e. The number of aliphatic hydroxyl groups is 6. The lowest BCUT2D eigenvalue weighted by molar-refractivity contribution is -0.949. The Morgan fingerprint density at radius 2 is 1.43 bits per heavy atom. The number of carboxylic acid groups (broad SMARTS) is 1. The number of aromatic nitrogens is 4. The summed E-state index contributed by atoms with van der Waals surface area (Å²) in [5.41, 5.74) is 13.0. The molecule has 2 bridgehead atoms. The number of cyclic esters (lactones) is 1. The Kier molecular flexibility index (Phi) is 27.8. The maximum absolute atomic E-state index is 12.9. The number of aliphatic carboxylic acids is 1. The molecule has 0 saturated carbocycles. The van der Waals surface area contributed by atoms with E-state index in [1.165, 1.54) is 34.7 Å². The summed E-state index contributed by atoms with van der Waals surface area (Å²) < 4.78 is 33.3. The summed E-state index contributed by atoms with van der Waals surface area (Å²) in [6.45, 7) is 13.4. The molecule has 0 aliphatic carbocycles. The number of quaternary nitrogens is 1. The molecule has 0 spiro atoms. The fourth-order valence-electron chi connectivity index (χ4n) is 11.5. The molecular weight excluding hydrogens is 1280 g/mol. The van der Waals surface area contributed by atoms with Gasteiger partial charge >= 0.3 is 17.6 Å². The lowest BCUT2D eigenvalue weighted by Gasteiger charge is -2.45. The van der Waals surface area contributed by atoms with E-state index in [4.69, 9.17) is 40.3 Å². The molecule has 4 aliphatic heterocycles. The molecule has 1 amide bonds. The number of halogens is 1. The Morgan fingerprint density at radius 1 is 0.833 bits per heavy atom. The smallest absolute Gasteiger partial charge is 0.332 e. The average molecular weight is 1370 g/mol. The molecule has 2 aromatic heterocycles. The normalized spacial score (nSPS) is 30.3. The predicted octanol–water partition coefficient (Wildman–Crippen LogP) is -0.339. The molecule has 90 heavy (non-hydrogen) atoms. The summed E-state index contributed by atoms with van der Waals surface area (Å²) in [7, 11) is 5.25. The zero-order valence-corrected chi connectivity index (χ0v) is 54.8. The molecule has 25 heteroatoms. The van der Waals surface area contributed by atoms with E-state index in [0.29, 0.717) is 36.1 Å². The molecule has 0 unspecified atom stereocenters. The first-order valence-electron chi connectivity index (χ1n) is 30.2. The van der Waals surface area contributed by atoms with Gasteiger partial charge in [0.15, 0.2) is 23.2 Å². The highest BCUT2D eigenvalue weighted by molar-refractivity contribution is 5.90. The number of carbonyl (C=O) groups is 3. The van der Waals surface area contributed by atoms with Gasteiger partial charge < -0.3 is 104 Å². The number of allylic oxidation sites excluding steroid dienone is 6. The van der Waals surface area contributed by atoms with Crippen LogP contribution in [0.15, 0.2) is 137 Å². The van der Waals surface area contributed by atoms with Gasteiger partial charge in [-0.25, -0.2) is 14.6 Å². The Labute approximate surface area is 542 Å². The van der Waals surface area contributed by atoms with E-state index in [2.05, 4.69) is 39.7 Å². The average Bonchev–Trinajstić information content (AvgIpc) is 1.09. The standard InChI is InChI=1S/C33H47NO13.C23H32N2O.C9H12N4O3.HI/c1-18-10-8-6-4-3-5-7-9-11-21(45-32-30(39)28(34)29(38)19(2)44-32)15-25-27(31(40)41)22(36)17-33(42,47-25)16-20(35)14-24-23(46-24)12-13-26(37)43-18;1-18(2)25(5,19(3)4)17-16-23(22(24)26,20-12-8-6-9-13-20)21-14-10-7-11-15-21;1-11-7-6(8(15)12(2)9(11)16)13(3-4-14)5-10-7;/h3-9,11-13,18-25,27-30,32,35-36,38-39,42H,10,14-17,34H2,1-2H3,(H,40,41);6-15,18-19H,16-17H2,1-5H3,(H-,24,26);5,14H,3-4H2,1-2H3;1H/b4-3+,7-5+,8-6+,11-9+,13-12+;;;/t18-,19-,20+,21+,22+,23-,24-,25+,27-,28+,29-,30+,32+,33-;;;/m1.../s1. The number of rotatable bonds is 13.